The SMILES string of the molecule is Cc1noc(C)c1C(=O)NCc1cccc(CO)c1. The van der Waals surface area contributed by atoms with Crippen LogP contribution in [0.25, 0.3) is 0 Å². The second-order valence-electron chi connectivity index (χ2n) is 4.36. The highest BCUT2D eigenvalue weighted by Crippen LogP contribution is 2.12. The molecule has 5 heteroatoms. The third-order valence-electron chi connectivity index (χ3n) is 2.89. The van der Waals surface area contributed by atoms with Gasteiger partial charge in [-0.3, -0.25) is 4.79 Å². The topological polar surface area (TPSA) is 75.4 Å². The second kappa shape index (κ2) is 5.67. The molecule has 0 aliphatic heterocycles. The normalized spacial score (nSPS) is 10.5. The minimum Gasteiger partial charge on any atom is -0.392 e. The molecule has 1 heterocycles. The van der Waals surface area contributed by atoms with E-state index in [-0.39, 0.29) is 12.5 Å². The molecule has 19 heavy (non-hydrogen) atoms. The van der Waals surface area contributed by atoms with Gasteiger partial charge < -0.3 is 14.9 Å². The molecular weight excluding hydrogens is 244 g/mol. The summed E-state index contributed by atoms with van der Waals surface area (Å²) in [7, 11) is 0. The van der Waals surface area contributed by atoms with E-state index in [0.29, 0.717) is 23.6 Å². The van der Waals surface area contributed by atoms with Crippen molar-refractivity contribution in [2.24, 2.45) is 0 Å². The van der Waals surface area contributed by atoms with Crippen molar-refractivity contribution in [3.63, 3.8) is 0 Å². The van der Waals surface area contributed by atoms with Crippen LogP contribution in [0.4, 0.5) is 0 Å². The average Bonchev–Trinajstić information content (AvgIpc) is 2.76. The Morgan fingerprint density at radius 2 is 2.11 bits per heavy atom. The van der Waals surface area contributed by atoms with Crippen LogP contribution < -0.4 is 5.32 Å². The fraction of sp³-hybridized carbons (Fsp3) is 0.286. The first-order chi connectivity index (χ1) is 9.11. The maximum atomic E-state index is 12.0. The van der Waals surface area contributed by atoms with Crippen molar-refractivity contribution in [1.29, 1.82) is 0 Å². The van der Waals surface area contributed by atoms with Crippen LogP contribution in [0.1, 0.15) is 32.9 Å². The van der Waals surface area contributed by atoms with E-state index in [1.165, 1.54) is 0 Å². The van der Waals surface area contributed by atoms with Gasteiger partial charge in [0, 0.05) is 6.54 Å². The Kier molecular flexibility index (Phi) is 3.97. The maximum absolute atomic E-state index is 12.0. The Morgan fingerprint density at radius 1 is 1.37 bits per heavy atom. The number of aryl methyl sites for hydroxylation is 2. The third kappa shape index (κ3) is 3.00. The van der Waals surface area contributed by atoms with Gasteiger partial charge in [-0.2, -0.15) is 0 Å². The summed E-state index contributed by atoms with van der Waals surface area (Å²) < 4.78 is 4.96. The number of aliphatic hydroxyl groups excluding tert-OH is 1. The standard InChI is InChI=1S/C14H16N2O3/c1-9-13(10(2)19-16-9)14(18)15-7-11-4-3-5-12(6-11)8-17/h3-6,17H,7-8H2,1-2H3,(H,15,18). The number of aromatic nitrogens is 1. The molecule has 100 valence electrons. The Morgan fingerprint density at radius 3 is 2.74 bits per heavy atom. The number of aliphatic hydroxyl groups is 1. The smallest absolute Gasteiger partial charge is 0.257 e. The van der Waals surface area contributed by atoms with Crippen LogP contribution in [0.3, 0.4) is 0 Å². The van der Waals surface area contributed by atoms with E-state index in [2.05, 4.69) is 10.5 Å². The number of carbonyl (C=O) groups excluding carboxylic acids is 1. The first-order valence-electron chi connectivity index (χ1n) is 6.01. The van der Waals surface area contributed by atoms with Crippen molar-refractivity contribution in [3.8, 4) is 0 Å². The van der Waals surface area contributed by atoms with E-state index >= 15 is 0 Å². The predicted octanol–water partition coefficient (Wildman–Crippen LogP) is 1.71. The van der Waals surface area contributed by atoms with E-state index < -0.39 is 0 Å². The molecular formula is C14H16N2O3. The molecule has 0 atom stereocenters. The number of hydrogen-bond donors (Lipinski definition) is 2. The number of hydrogen-bond acceptors (Lipinski definition) is 4. The number of nitrogens with one attached hydrogen (secondary N) is 1. The van der Waals surface area contributed by atoms with Crippen molar-refractivity contribution >= 4 is 5.91 Å². The highest BCUT2D eigenvalue weighted by Gasteiger charge is 2.16. The summed E-state index contributed by atoms with van der Waals surface area (Å²) in [5.74, 6) is 0.310. The number of carbonyl (C=O) groups is 1. The lowest BCUT2D eigenvalue weighted by atomic mass is 10.1. The largest absolute Gasteiger partial charge is 0.392 e. The molecule has 0 unspecified atom stereocenters. The molecule has 5 nitrogen and oxygen atoms in total. The fourth-order valence-electron chi connectivity index (χ4n) is 1.92. The predicted molar refractivity (Wildman–Crippen MR) is 69.5 cm³/mol. The third-order valence-corrected chi connectivity index (χ3v) is 2.89. The van der Waals surface area contributed by atoms with Crippen molar-refractivity contribution in [2.75, 3.05) is 0 Å². The van der Waals surface area contributed by atoms with Gasteiger partial charge in [0.1, 0.15) is 11.3 Å². The van der Waals surface area contributed by atoms with E-state index in [0.717, 1.165) is 11.1 Å². The molecule has 0 spiro atoms. The Labute approximate surface area is 111 Å². The molecule has 2 N–H and O–H groups in total. The van der Waals surface area contributed by atoms with Gasteiger partial charge in [-0.25, -0.2) is 0 Å². The van der Waals surface area contributed by atoms with E-state index in [9.17, 15) is 4.79 Å². The van der Waals surface area contributed by atoms with Gasteiger partial charge in [-0.1, -0.05) is 29.4 Å². The van der Waals surface area contributed by atoms with Gasteiger partial charge in [0.25, 0.3) is 5.91 Å². The zero-order chi connectivity index (χ0) is 13.8. The molecule has 1 amide bonds. The van der Waals surface area contributed by atoms with Gasteiger partial charge in [0.05, 0.1) is 12.3 Å². The molecule has 1 aromatic carbocycles. The minimum atomic E-state index is -0.203. The molecule has 0 saturated carbocycles. The first kappa shape index (κ1) is 13.3. The van der Waals surface area contributed by atoms with Gasteiger partial charge in [0.2, 0.25) is 0 Å². The van der Waals surface area contributed by atoms with Gasteiger partial charge in [-0.05, 0) is 25.0 Å². The summed E-state index contributed by atoms with van der Waals surface area (Å²) in [6, 6.07) is 7.43. The molecule has 0 aliphatic rings. The summed E-state index contributed by atoms with van der Waals surface area (Å²) in [5, 5.41) is 15.6. The van der Waals surface area contributed by atoms with Crippen molar-refractivity contribution < 1.29 is 14.4 Å². The van der Waals surface area contributed by atoms with Crippen LogP contribution in [0, 0.1) is 13.8 Å². The minimum absolute atomic E-state index is 0.00828. The van der Waals surface area contributed by atoms with Crippen LogP contribution in [0.15, 0.2) is 28.8 Å². The van der Waals surface area contributed by atoms with Crippen molar-refractivity contribution in [1.82, 2.24) is 10.5 Å². The maximum Gasteiger partial charge on any atom is 0.257 e. The molecule has 1 aromatic heterocycles. The quantitative estimate of drug-likeness (QED) is 0.877. The molecule has 0 fully saturated rings. The Balaban J connectivity index is 2.04. The summed E-state index contributed by atoms with van der Waals surface area (Å²) in [4.78, 5) is 12.0. The van der Waals surface area contributed by atoms with Gasteiger partial charge in [0.15, 0.2) is 0 Å². The van der Waals surface area contributed by atoms with Crippen LogP contribution in [0.5, 0.6) is 0 Å². The van der Waals surface area contributed by atoms with Gasteiger partial charge >= 0.3 is 0 Å². The fourth-order valence-corrected chi connectivity index (χ4v) is 1.92. The summed E-state index contributed by atoms with van der Waals surface area (Å²) >= 11 is 0. The molecule has 0 aliphatic carbocycles. The molecule has 0 saturated heterocycles. The number of benzene rings is 1. The van der Waals surface area contributed by atoms with Crippen molar-refractivity contribution in [3.05, 3.63) is 52.4 Å². The highest BCUT2D eigenvalue weighted by molar-refractivity contribution is 5.95. The van der Waals surface area contributed by atoms with Gasteiger partial charge in [-0.15, -0.1) is 0 Å². The highest BCUT2D eigenvalue weighted by atomic mass is 16.5. The van der Waals surface area contributed by atoms with Crippen LogP contribution >= 0.6 is 0 Å². The van der Waals surface area contributed by atoms with Crippen LogP contribution in [-0.4, -0.2) is 16.2 Å². The monoisotopic (exact) mass is 260 g/mol. The van der Waals surface area contributed by atoms with E-state index in [1.54, 1.807) is 13.8 Å². The second-order valence-corrected chi connectivity index (χ2v) is 4.36. The molecule has 0 radical (unpaired) electrons. The summed E-state index contributed by atoms with van der Waals surface area (Å²) in [6.07, 6.45) is 0. The summed E-state index contributed by atoms with van der Waals surface area (Å²) in [5.41, 5.74) is 2.83. The lowest BCUT2D eigenvalue weighted by molar-refractivity contribution is 0.0949. The number of rotatable bonds is 4. The Bertz CT molecular complexity index is 571. The molecule has 0 bridgehead atoms. The number of nitrogens with zero attached hydrogens (tertiary/aromatic N) is 1. The van der Waals surface area contributed by atoms with E-state index in [1.807, 2.05) is 24.3 Å². The number of amides is 1. The van der Waals surface area contributed by atoms with E-state index in [4.69, 9.17) is 9.63 Å². The molecule has 2 rings (SSSR count). The first-order valence-corrected chi connectivity index (χ1v) is 6.01. The zero-order valence-corrected chi connectivity index (χ0v) is 10.9. The van der Waals surface area contributed by atoms with Crippen LogP contribution in [0.2, 0.25) is 0 Å². The lowest BCUT2D eigenvalue weighted by Crippen LogP contribution is -2.23. The average molecular weight is 260 g/mol. The van der Waals surface area contributed by atoms with Crippen LogP contribution in [-0.2, 0) is 13.2 Å². The molecule has 2 aromatic rings. The lowest BCUT2D eigenvalue weighted by Gasteiger charge is -2.06. The Hall–Kier alpha value is -2.14. The summed E-state index contributed by atoms with van der Waals surface area (Å²) in [6.45, 7) is 3.83. The zero-order valence-electron chi connectivity index (χ0n) is 10.9. The van der Waals surface area contributed by atoms with Crippen molar-refractivity contribution in [2.45, 2.75) is 27.0 Å².